The van der Waals surface area contributed by atoms with Crippen molar-refractivity contribution in [2.75, 3.05) is 6.61 Å². The Morgan fingerprint density at radius 3 is 1.31 bits per heavy atom. The van der Waals surface area contributed by atoms with Crippen LogP contribution in [0.2, 0.25) is 0 Å². The van der Waals surface area contributed by atoms with E-state index in [0.29, 0.717) is 0 Å². The zero-order valence-corrected chi connectivity index (χ0v) is 15.7. The van der Waals surface area contributed by atoms with Crippen LogP contribution in [0.25, 0.3) is 0 Å². The molecule has 3 amide bonds. The van der Waals surface area contributed by atoms with E-state index in [2.05, 4.69) is 16.0 Å². The summed E-state index contributed by atoms with van der Waals surface area (Å²) in [6.45, 7) is 0.637. The summed E-state index contributed by atoms with van der Waals surface area (Å²) in [5.41, 5.74) is 0. The summed E-state index contributed by atoms with van der Waals surface area (Å²) < 4.78 is 0. The smallest absolute Gasteiger partial charge is 0.326 e. The zero-order valence-electron chi connectivity index (χ0n) is 15.7. The van der Waals surface area contributed by atoms with Crippen molar-refractivity contribution < 1.29 is 49.2 Å². The molecular formula is C16H25N3O10. The van der Waals surface area contributed by atoms with E-state index in [1.807, 2.05) is 0 Å². The summed E-state index contributed by atoms with van der Waals surface area (Å²) in [6, 6.07) is -4.10. The van der Waals surface area contributed by atoms with Crippen molar-refractivity contribution in [1.82, 2.24) is 16.0 Å². The van der Waals surface area contributed by atoms with Gasteiger partial charge in [0.05, 0.1) is 0 Å². The molecule has 0 saturated heterocycles. The number of aliphatic carboxylic acids is 3. The van der Waals surface area contributed by atoms with Crippen LogP contribution in [0.3, 0.4) is 0 Å². The minimum absolute atomic E-state index is 0.223. The van der Waals surface area contributed by atoms with E-state index in [4.69, 9.17) is 20.4 Å². The standard InChI is InChI=1S/C16H25N3O10/c1-8(21)17-9(14(24)25)2-4-12(22)18-10(15(26)27)3-5-13(23)19-11(6-7-20)16(28)29/h9-11,20H,2-7H2,1H3,(H,17,21)(H,18,22)(H,19,23)(H,24,25)(H,26,27)(H,28,29)/t9?,10-,11?/m0/s1. The van der Waals surface area contributed by atoms with Gasteiger partial charge in [-0.15, -0.1) is 0 Å². The molecule has 0 aromatic heterocycles. The highest BCUT2D eigenvalue weighted by Gasteiger charge is 2.25. The van der Waals surface area contributed by atoms with Crippen molar-refractivity contribution >= 4 is 35.6 Å². The SMILES string of the molecule is CC(=O)NC(CCC(=O)N[C@@H](CCC(=O)NC(CCO)C(=O)O)C(=O)O)C(=O)O. The number of nitrogens with one attached hydrogen (secondary N) is 3. The molecule has 0 aromatic carbocycles. The van der Waals surface area contributed by atoms with Crippen molar-refractivity contribution in [1.29, 1.82) is 0 Å². The Bertz CT molecular complexity index is 636. The van der Waals surface area contributed by atoms with Crippen LogP contribution in [0, 0.1) is 0 Å². The molecule has 0 saturated carbocycles. The van der Waals surface area contributed by atoms with Crippen molar-refractivity contribution in [3.63, 3.8) is 0 Å². The molecule has 0 rings (SSSR count). The van der Waals surface area contributed by atoms with Crippen LogP contribution in [-0.2, 0) is 28.8 Å². The fraction of sp³-hybridized carbons (Fsp3) is 0.625. The van der Waals surface area contributed by atoms with Gasteiger partial charge in [-0.25, -0.2) is 14.4 Å². The van der Waals surface area contributed by atoms with Gasteiger partial charge in [-0.2, -0.15) is 0 Å². The number of aliphatic hydroxyl groups excluding tert-OH is 1. The summed E-state index contributed by atoms with van der Waals surface area (Å²) in [5.74, 6) is -6.32. The molecule has 164 valence electrons. The maximum absolute atomic E-state index is 11.9. The van der Waals surface area contributed by atoms with Crippen molar-refractivity contribution in [3.05, 3.63) is 0 Å². The van der Waals surface area contributed by atoms with E-state index in [0.717, 1.165) is 6.92 Å². The summed E-state index contributed by atoms with van der Waals surface area (Å²) in [5, 5.41) is 42.2. The second kappa shape index (κ2) is 13.0. The van der Waals surface area contributed by atoms with Gasteiger partial charge >= 0.3 is 17.9 Å². The molecule has 0 aliphatic carbocycles. The molecule has 0 aromatic rings. The van der Waals surface area contributed by atoms with Crippen LogP contribution in [0.1, 0.15) is 39.0 Å². The lowest BCUT2D eigenvalue weighted by Crippen LogP contribution is -2.45. The first kappa shape index (κ1) is 25.8. The molecule has 0 spiro atoms. The molecule has 2 unspecified atom stereocenters. The molecule has 13 heteroatoms. The topological polar surface area (TPSA) is 219 Å². The van der Waals surface area contributed by atoms with Crippen LogP contribution in [-0.4, -0.2) is 80.8 Å². The first-order chi connectivity index (χ1) is 13.5. The molecular weight excluding hydrogens is 394 g/mol. The summed E-state index contributed by atoms with van der Waals surface area (Å²) in [7, 11) is 0. The Balaban J connectivity index is 4.63. The number of aliphatic hydroxyl groups is 1. The molecule has 0 aliphatic heterocycles. The largest absolute Gasteiger partial charge is 0.480 e. The van der Waals surface area contributed by atoms with Gasteiger partial charge in [0.2, 0.25) is 17.7 Å². The Morgan fingerprint density at radius 1 is 0.655 bits per heavy atom. The summed E-state index contributed by atoms with van der Waals surface area (Å²) in [6.07, 6.45) is -1.62. The van der Waals surface area contributed by atoms with Gasteiger partial charge in [0, 0.05) is 32.8 Å². The van der Waals surface area contributed by atoms with E-state index in [1.165, 1.54) is 0 Å². The maximum Gasteiger partial charge on any atom is 0.326 e. The lowest BCUT2D eigenvalue weighted by atomic mass is 10.1. The number of carboxylic acid groups (broad SMARTS) is 3. The molecule has 7 N–H and O–H groups in total. The van der Waals surface area contributed by atoms with Gasteiger partial charge < -0.3 is 36.4 Å². The molecule has 13 nitrogen and oxygen atoms in total. The monoisotopic (exact) mass is 419 g/mol. The third-order valence-corrected chi connectivity index (χ3v) is 3.68. The number of carbonyl (C=O) groups is 6. The van der Waals surface area contributed by atoms with E-state index >= 15 is 0 Å². The third kappa shape index (κ3) is 11.3. The highest BCUT2D eigenvalue weighted by atomic mass is 16.4. The lowest BCUT2D eigenvalue weighted by molar-refractivity contribution is -0.144. The first-order valence-corrected chi connectivity index (χ1v) is 8.63. The van der Waals surface area contributed by atoms with Gasteiger partial charge in [0.25, 0.3) is 0 Å². The number of amides is 3. The first-order valence-electron chi connectivity index (χ1n) is 8.63. The molecule has 3 atom stereocenters. The highest BCUT2D eigenvalue weighted by Crippen LogP contribution is 2.03. The highest BCUT2D eigenvalue weighted by molar-refractivity contribution is 5.87. The number of rotatable bonds is 14. The molecule has 0 fully saturated rings. The van der Waals surface area contributed by atoms with Crippen molar-refractivity contribution in [2.24, 2.45) is 0 Å². The van der Waals surface area contributed by atoms with Crippen LogP contribution < -0.4 is 16.0 Å². The van der Waals surface area contributed by atoms with E-state index < -0.39 is 66.8 Å². The van der Waals surface area contributed by atoms with Gasteiger partial charge in [-0.3, -0.25) is 14.4 Å². The molecule has 0 aliphatic rings. The van der Waals surface area contributed by atoms with Crippen LogP contribution in [0.15, 0.2) is 0 Å². The van der Waals surface area contributed by atoms with Crippen molar-refractivity contribution in [2.45, 2.75) is 57.2 Å². The van der Waals surface area contributed by atoms with E-state index in [1.54, 1.807) is 0 Å². The third-order valence-electron chi connectivity index (χ3n) is 3.68. The van der Waals surface area contributed by atoms with Crippen molar-refractivity contribution in [3.8, 4) is 0 Å². The second-order valence-electron chi connectivity index (χ2n) is 6.10. The van der Waals surface area contributed by atoms with Crippen LogP contribution in [0.5, 0.6) is 0 Å². The normalized spacial score (nSPS) is 13.4. The second-order valence-corrected chi connectivity index (χ2v) is 6.10. The fourth-order valence-electron chi connectivity index (χ4n) is 2.23. The minimum Gasteiger partial charge on any atom is -0.480 e. The number of hydrogen-bond acceptors (Lipinski definition) is 7. The zero-order chi connectivity index (χ0) is 22.6. The Hall–Kier alpha value is -3.22. The van der Waals surface area contributed by atoms with Gasteiger partial charge in [0.15, 0.2) is 0 Å². The molecule has 0 bridgehead atoms. The number of carbonyl (C=O) groups excluding carboxylic acids is 3. The lowest BCUT2D eigenvalue weighted by Gasteiger charge is -2.17. The Labute approximate surface area is 165 Å². The average molecular weight is 419 g/mol. The number of carboxylic acids is 3. The molecule has 29 heavy (non-hydrogen) atoms. The minimum atomic E-state index is -1.46. The summed E-state index contributed by atoms with van der Waals surface area (Å²) >= 11 is 0. The van der Waals surface area contributed by atoms with Gasteiger partial charge in [-0.05, 0) is 12.8 Å². The predicted octanol–water partition coefficient (Wildman–Crippen LogP) is -2.34. The number of hydrogen-bond donors (Lipinski definition) is 7. The predicted molar refractivity (Wildman–Crippen MR) is 94.5 cm³/mol. The van der Waals surface area contributed by atoms with E-state index in [-0.39, 0.29) is 25.7 Å². The Morgan fingerprint density at radius 2 is 1.00 bits per heavy atom. The van der Waals surface area contributed by atoms with E-state index in [9.17, 15) is 28.8 Å². The van der Waals surface area contributed by atoms with Crippen LogP contribution >= 0.6 is 0 Å². The molecule has 0 radical (unpaired) electrons. The average Bonchev–Trinajstić information content (AvgIpc) is 2.60. The maximum atomic E-state index is 11.9. The van der Waals surface area contributed by atoms with Crippen LogP contribution in [0.4, 0.5) is 0 Å². The van der Waals surface area contributed by atoms with Gasteiger partial charge in [-0.1, -0.05) is 0 Å². The molecule has 0 heterocycles. The Kier molecular flexibility index (Phi) is 11.6. The summed E-state index contributed by atoms with van der Waals surface area (Å²) in [4.78, 5) is 67.7. The van der Waals surface area contributed by atoms with Gasteiger partial charge in [0.1, 0.15) is 18.1 Å². The quantitative estimate of drug-likeness (QED) is 0.159. The fourth-order valence-corrected chi connectivity index (χ4v) is 2.23.